The second-order valence-electron chi connectivity index (χ2n) is 5.56. The standard InChI is InChI=1S/C15H29N3S/c1-6-17(7-2)10-8-9-13(5)18-14(12(3)4)11-16-15(18)19/h11-13H,6-10H2,1-5H3,(H,16,19). The van der Waals surface area contributed by atoms with Gasteiger partial charge in [-0.2, -0.15) is 0 Å². The topological polar surface area (TPSA) is 24.0 Å². The Morgan fingerprint density at radius 3 is 2.42 bits per heavy atom. The smallest absolute Gasteiger partial charge is 0.177 e. The first-order valence-corrected chi connectivity index (χ1v) is 7.94. The van der Waals surface area contributed by atoms with Gasteiger partial charge in [-0.3, -0.25) is 0 Å². The quantitative estimate of drug-likeness (QED) is 0.717. The number of nitrogens with one attached hydrogen (secondary N) is 1. The molecule has 1 aromatic heterocycles. The van der Waals surface area contributed by atoms with Crippen molar-refractivity contribution in [2.75, 3.05) is 19.6 Å². The summed E-state index contributed by atoms with van der Waals surface area (Å²) in [7, 11) is 0. The van der Waals surface area contributed by atoms with E-state index in [1.54, 1.807) is 0 Å². The molecule has 0 bridgehead atoms. The van der Waals surface area contributed by atoms with Gasteiger partial charge in [0.2, 0.25) is 0 Å². The van der Waals surface area contributed by atoms with E-state index in [-0.39, 0.29) is 0 Å². The van der Waals surface area contributed by atoms with E-state index in [0.717, 1.165) is 17.9 Å². The van der Waals surface area contributed by atoms with E-state index in [1.165, 1.54) is 25.1 Å². The molecule has 0 radical (unpaired) electrons. The third kappa shape index (κ3) is 4.46. The summed E-state index contributed by atoms with van der Waals surface area (Å²) in [5.74, 6) is 0.512. The zero-order valence-corrected chi connectivity index (χ0v) is 13.9. The average molecular weight is 283 g/mol. The predicted molar refractivity (Wildman–Crippen MR) is 85.4 cm³/mol. The van der Waals surface area contributed by atoms with Crippen LogP contribution in [0, 0.1) is 4.77 Å². The maximum Gasteiger partial charge on any atom is 0.177 e. The lowest BCUT2D eigenvalue weighted by atomic mass is 10.1. The Labute approximate surface area is 123 Å². The van der Waals surface area contributed by atoms with Crippen molar-refractivity contribution in [1.82, 2.24) is 14.5 Å². The summed E-state index contributed by atoms with van der Waals surface area (Å²) in [6, 6.07) is 0.478. The van der Waals surface area contributed by atoms with Crippen molar-refractivity contribution in [3.63, 3.8) is 0 Å². The molecular formula is C15H29N3S. The lowest BCUT2D eigenvalue weighted by Crippen LogP contribution is -2.24. The fourth-order valence-electron chi connectivity index (χ4n) is 2.57. The molecule has 0 fully saturated rings. The van der Waals surface area contributed by atoms with Crippen LogP contribution in [-0.4, -0.2) is 34.1 Å². The van der Waals surface area contributed by atoms with E-state index >= 15 is 0 Å². The molecule has 1 N–H and O–H groups in total. The minimum atomic E-state index is 0.478. The first kappa shape index (κ1) is 16.4. The van der Waals surface area contributed by atoms with Crippen molar-refractivity contribution >= 4 is 12.2 Å². The summed E-state index contributed by atoms with van der Waals surface area (Å²) in [4.78, 5) is 5.67. The molecule has 0 saturated carbocycles. The van der Waals surface area contributed by atoms with Gasteiger partial charge in [0, 0.05) is 17.9 Å². The second kappa shape index (κ2) is 7.85. The third-order valence-corrected chi connectivity index (χ3v) is 4.18. The van der Waals surface area contributed by atoms with Crippen molar-refractivity contribution in [3.8, 4) is 0 Å². The summed E-state index contributed by atoms with van der Waals surface area (Å²) in [6.45, 7) is 14.6. The Morgan fingerprint density at radius 2 is 1.89 bits per heavy atom. The Balaban J connectivity index is 2.61. The molecule has 0 aliphatic heterocycles. The van der Waals surface area contributed by atoms with Gasteiger partial charge >= 0.3 is 0 Å². The highest BCUT2D eigenvalue weighted by atomic mass is 32.1. The second-order valence-corrected chi connectivity index (χ2v) is 5.95. The summed E-state index contributed by atoms with van der Waals surface area (Å²) in [5.41, 5.74) is 1.32. The maximum absolute atomic E-state index is 5.41. The molecule has 1 atom stereocenters. The van der Waals surface area contributed by atoms with Crippen LogP contribution in [0.25, 0.3) is 0 Å². The van der Waals surface area contributed by atoms with Crippen LogP contribution in [0.2, 0.25) is 0 Å². The van der Waals surface area contributed by atoms with Crippen LogP contribution in [0.3, 0.4) is 0 Å². The van der Waals surface area contributed by atoms with E-state index in [2.05, 4.69) is 55.3 Å². The molecule has 1 aromatic rings. The lowest BCUT2D eigenvalue weighted by molar-refractivity contribution is 0.287. The normalized spacial score (nSPS) is 13.4. The summed E-state index contributed by atoms with van der Waals surface area (Å²) >= 11 is 5.41. The molecule has 4 heteroatoms. The zero-order chi connectivity index (χ0) is 14.4. The molecule has 0 saturated heterocycles. The van der Waals surface area contributed by atoms with Crippen LogP contribution in [-0.2, 0) is 0 Å². The number of H-pyrrole nitrogens is 1. The minimum Gasteiger partial charge on any atom is -0.337 e. The van der Waals surface area contributed by atoms with Crippen LogP contribution < -0.4 is 0 Å². The van der Waals surface area contributed by atoms with E-state index in [4.69, 9.17) is 12.2 Å². The molecule has 1 heterocycles. The number of nitrogens with zero attached hydrogens (tertiary/aromatic N) is 2. The Bertz CT molecular complexity index is 415. The zero-order valence-electron chi connectivity index (χ0n) is 13.1. The molecule has 1 unspecified atom stereocenters. The number of imidazole rings is 1. The molecule has 0 aliphatic rings. The number of aromatic nitrogens is 2. The van der Waals surface area contributed by atoms with E-state index in [0.29, 0.717) is 12.0 Å². The van der Waals surface area contributed by atoms with Crippen molar-refractivity contribution in [2.45, 2.75) is 59.4 Å². The van der Waals surface area contributed by atoms with Crippen molar-refractivity contribution in [2.24, 2.45) is 0 Å². The van der Waals surface area contributed by atoms with Gasteiger partial charge in [0.05, 0.1) is 0 Å². The van der Waals surface area contributed by atoms with Gasteiger partial charge in [0.25, 0.3) is 0 Å². The molecule has 19 heavy (non-hydrogen) atoms. The van der Waals surface area contributed by atoms with Gasteiger partial charge in [-0.15, -0.1) is 0 Å². The first-order chi connectivity index (χ1) is 9.01. The van der Waals surface area contributed by atoms with Crippen LogP contribution in [0.1, 0.15) is 65.1 Å². The summed E-state index contributed by atoms with van der Waals surface area (Å²) < 4.78 is 3.15. The lowest BCUT2D eigenvalue weighted by Gasteiger charge is -2.21. The van der Waals surface area contributed by atoms with Gasteiger partial charge < -0.3 is 14.5 Å². The Hall–Kier alpha value is -0.610. The Kier molecular flexibility index (Phi) is 6.80. The largest absolute Gasteiger partial charge is 0.337 e. The van der Waals surface area contributed by atoms with Gasteiger partial charge in [0.15, 0.2) is 4.77 Å². The SMILES string of the molecule is CCN(CC)CCCC(C)n1c(C(C)C)c[nH]c1=S. The van der Waals surface area contributed by atoms with E-state index in [9.17, 15) is 0 Å². The molecule has 0 aliphatic carbocycles. The molecule has 110 valence electrons. The highest BCUT2D eigenvalue weighted by Crippen LogP contribution is 2.22. The van der Waals surface area contributed by atoms with Crippen LogP contribution in [0.15, 0.2) is 6.20 Å². The summed E-state index contributed by atoms with van der Waals surface area (Å²) in [6.07, 6.45) is 4.48. The predicted octanol–water partition coefficient (Wildman–Crippen LogP) is 4.35. The average Bonchev–Trinajstić information content (AvgIpc) is 2.76. The minimum absolute atomic E-state index is 0.478. The molecule has 0 aromatic carbocycles. The van der Waals surface area contributed by atoms with Gasteiger partial charge in [-0.25, -0.2) is 0 Å². The van der Waals surface area contributed by atoms with E-state index < -0.39 is 0 Å². The van der Waals surface area contributed by atoms with E-state index in [1.807, 2.05) is 0 Å². The van der Waals surface area contributed by atoms with Crippen LogP contribution >= 0.6 is 12.2 Å². The van der Waals surface area contributed by atoms with Crippen molar-refractivity contribution in [3.05, 3.63) is 16.7 Å². The fraction of sp³-hybridized carbons (Fsp3) is 0.800. The van der Waals surface area contributed by atoms with Gasteiger partial charge in [-0.05, 0) is 57.5 Å². The Morgan fingerprint density at radius 1 is 1.26 bits per heavy atom. The van der Waals surface area contributed by atoms with Gasteiger partial charge in [-0.1, -0.05) is 27.7 Å². The number of hydrogen-bond donors (Lipinski definition) is 1. The molecule has 0 spiro atoms. The van der Waals surface area contributed by atoms with Gasteiger partial charge in [0.1, 0.15) is 0 Å². The maximum atomic E-state index is 5.41. The fourth-order valence-corrected chi connectivity index (χ4v) is 2.92. The van der Waals surface area contributed by atoms with Crippen LogP contribution in [0.4, 0.5) is 0 Å². The molecular weight excluding hydrogens is 254 g/mol. The highest BCUT2D eigenvalue weighted by Gasteiger charge is 2.13. The molecule has 1 rings (SSSR count). The van der Waals surface area contributed by atoms with Crippen molar-refractivity contribution in [1.29, 1.82) is 0 Å². The number of rotatable bonds is 8. The number of hydrogen-bond acceptors (Lipinski definition) is 2. The summed E-state index contributed by atoms with van der Waals surface area (Å²) in [5, 5.41) is 0. The third-order valence-electron chi connectivity index (χ3n) is 3.86. The van der Waals surface area contributed by atoms with Crippen molar-refractivity contribution < 1.29 is 0 Å². The molecule has 3 nitrogen and oxygen atoms in total. The van der Waals surface area contributed by atoms with Crippen LogP contribution in [0.5, 0.6) is 0 Å². The first-order valence-electron chi connectivity index (χ1n) is 7.53. The highest BCUT2D eigenvalue weighted by molar-refractivity contribution is 7.71. The molecule has 0 amide bonds. The monoisotopic (exact) mass is 283 g/mol. The number of aromatic amines is 1.